The van der Waals surface area contributed by atoms with Gasteiger partial charge in [0.25, 0.3) is 10.0 Å². The maximum atomic E-state index is 12.4. The lowest BCUT2D eigenvalue weighted by atomic mass is 10.1. The predicted molar refractivity (Wildman–Crippen MR) is 74.5 cm³/mol. The van der Waals surface area contributed by atoms with Crippen molar-refractivity contribution in [3.63, 3.8) is 0 Å². The molecule has 0 atom stereocenters. The molecule has 20 heavy (non-hydrogen) atoms. The normalized spacial score (nSPS) is 17.0. The van der Waals surface area contributed by atoms with Gasteiger partial charge in [-0.05, 0) is 55.4 Å². The van der Waals surface area contributed by atoms with Crippen molar-refractivity contribution in [3.8, 4) is 0 Å². The zero-order valence-corrected chi connectivity index (χ0v) is 12.9. The number of carbonyl (C=O) groups excluding carboxylic acids is 1. The van der Waals surface area contributed by atoms with Crippen molar-refractivity contribution < 1.29 is 18.0 Å². The molecule has 0 aromatic heterocycles. The Balaban J connectivity index is 2.21. The highest BCUT2D eigenvalue weighted by Gasteiger charge is 2.48. The number of benzene rings is 1. The van der Waals surface area contributed by atoms with Crippen molar-refractivity contribution >= 4 is 27.6 Å². The third-order valence-corrected chi connectivity index (χ3v) is 5.30. The van der Waals surface area contributed by atoms with E-state index in [1.807, 2.05) is 0 Å². The van der Waals surface area contributed by atoms with Gasteiger partial charge in [-0.2, -0.15) is 0 Å². The third-order valence-electron chi connectivity index (χ3n) is 3.32. The lowest BCUT2D eigenvalue weighted by Gasteiger charge is -2.21. The summed E-state index contributed by atoms with van der Waals surface area (Å²) in [4.78, 5) is 17.0. The van der Waals surface area contributed by atoms with Crippen LogP contribution in [0, 0.1) is 5.41 Å². The van der Waals surface area contributed by atoms with Gasteiger partial charge in [0.05, 0.1) is 10.3 Å². The molecule has 0 N–H and O–H groups in total. The van der Waals surface area contributed by atoms with Crippen LogP contribution in [-0.4, -0.2) is 25.4 Å². The smallest absolute Gasteiger partial charge is 0.332 e. The Morgan fingerprint density at radius 3 is 2.35 bits per heavy atom. The molecule has 0 saturated heterocycles. The Hall–Kier alpha value is -1.11. The molecule has 7 heteroatoms. The van der Waals surface area contributed by atoms with Gasteiger partial charge in [-0.1, -0.05) is 11.6 Å². The van der Waals surface area contributed by atoms with Crippen LogP contribution in [-0.2, 0) is 19.7 Å². The molecule has 110 valence electrons. The number of rotatable bonds is 5. The number of sulfonamides is 1. The highest BCUT2D eigenvalue weighted by Crippen LogP contribution is 2.46. The zero-order valence-electron chi connectivity index (χ0n) is 11.3. The highest BCUT2D eigenvalue weighted by molar-refractivity contribution is 7.89. The van der Waals surface area contributed by atoms with Crippen LogP contribution in [0.1, 0.15) is 26.7 Å². The van der Waals surface area contributed by atoms with Gasteiger partial charge in [0, 0.05) is 11.6 Å². The molecule has 1 saturated carbocycles. The second-order valence-corrected chi connectivity index (χ2v) is 7.28. The first-order chi connectivity index (χ1) is 9.29. The second kappa shape index (κ2) is 5.35. The van der Waals surface area contributed by atoms with Gasteiger partial charge >= 0.3 is 5.97 Å². The number of hydrogen-bond acceptors (Lipinski definition) is 4. The lowest BCUT2D eigenvalue weighted by molar-refractivity contribution is -0.175. The maximum absolute atomic E-state index is 12.4. The molecule has 2 rings (SSSR count). The van der Waals surface area contributed by atoms with Crippen LogP contribution in [0.5, 0.6) is 0 Å². The van der Waals surface area contributed by atoms with Crippen LogP contribution < -0.4 is 0 Å². The van der Waals surface area contributed by atoms with E-state index in [1.54, 1.807) is 13.8 Å². The monoisotopic (exact) mass is 317 g/mol. The number of nitrogens with zero attached hydrogens (tertiary/aromatic N) is 1. The van der Waals surface area contributed by atoms with E-state index in [9.17, 15) is 13.2 Å². The van der Waals surface area contributed by atoms with E-state index in [1.165, 1.54) is 24.3 Å². The summed E-state index contributed by atoms with van der Waals surface area (Å²) in [7, 11) is -3.86. The standard InChI is InChI=1S/C13H16ClNO4S/c1-3-15(19-12(16)13(2)8-9-13)20(17,18)11-6-4-10(14)5-7-11/h4-7H,3,8-9H2,1-2H3. The molecule has 0 amide bonds. The largest absolute Gasteiger partial charge is 0.352 e. The Labute approximate surface area is 123 Å². The summed E-state index contributed by atoms with van der Waals surface area (Å²) in [5.74, 6) is -0.503. The first-order valence-electron chi connectivity index (χ1n) is 6.30. The molecule has 0 unspecified atom stereocenters. The number of hydrogen-bond donors (Lipinski definition) is 0. The first kappa shape index (κ1) is 15.3. The molecule has 1 aliphatic carbocycles. The topological polar surface area (TPSA) is 63.7 Å². The number of carbonyl (C=O) groups is 1. The van der Waals surface area contributed by atoms with Crippen molar-refractivity contribution in [2.24, 2.45) is 5.41 Å². The molecule has 5 nitrogen and oxygen atoms in total. The van der Waals surface area contributed by atoms with E-state index in [0.717, 1.165) is 17.3 Å². The van der Waals surface area contributed by atoms with E-state index < -0.39 is 21.4 Å². The van der Waals surface area contributed by atoms with Crippen LogP contribution in [0.4, 0.5) is 0 Å². The summed E-state index contributed by atoms with van der Waals surface area (Å²) in [6.45, 7) is 3.42. The highest BCUT2D eigenvalue weighted by atomic mass is 35.5. The first-order valence-corrected chi connectivity index (χ1v) is 8.12. The Kier molecular flexibility index (Phi) is 4.09. The van der Waals surface area contributed by atoms with Gasteiger partial charge in [0.1, 0.15) is 0 Å². The van der Waals surface area contributed by atoms with Gasteiger partial charge in [0.15, 0.2) is 0 Å². The van der Waals surface area contributed by atoms with Gasteiger partial charge in [-0.15, -0.1) is 0 Å². The molecule has 1 aliphatic rings. The number of hydroxylamine groups is 1. The van der Waals surface area contributed by atoms with Crippen LogP contribution in [0.3, 0.4) is 0 Å². The van der Waals surface area contributed by atoms with E-state index in [0.29, 0.717) is 5.02 Å². The van der Waals surface area contributed by atoms with Crippen LogP contribution >= 0.6 is 11.6 Å². The van der Waals surface area contributed by atoms with Gasteiger partial charge in [0.2, 0.25) is 0 Å². The molecule has 1 aromatic carbocycles. The number of halogens is 1. The van der Waals surface area contributed by atoms with E-state index in [2.05, 4.69) is 0 Å². The van der Waals surface area contributed by atoms with Crippen molar-refractivity contribution in [3.05, 3.63) is 29.3 Å². The van der Waals surface area contributed by atoms with Crippen molar-refractivity contribution in [2.45, 2.75) is 31.6 Å². The minimum Gasteiger partial charge on any atom is -0.352 e. The fourth-order valence-corrected chi connectivity index (χ4v) is 2.95. The molecule has 1 fully saturated rings. The molecule has 0 heterocycles. The quantitative estimate of drug-likeness (QED) is 0.783. The fourth-order valence-electron chi connectivity index (χ4n) is 1.60. The van der Waals surface area contributed by atoms with Crippen LogP contribution in [0.25, 0.3) is 0 Å². The summed E-state index contributed by atoms with van der Waals surface area (Å²) in [5.41, 5.74) is -0.539. The second-order valence-electron chi connectivity index (χ2n) is 5.02. The van der Waals surface area contributed by atoms with Crippen molar-refractivity contribution in [1.29, 1.82) is 0 Å². The SMILES string of the molecule is CCN(OC(=O)C1(C)CC1)S(=O)(=O)c1ccc(Cl)cc1. The molecular weight excluding hydrogens is 302 g/mol. The summed E-state index contributed by atoms with van der Waals surface area (Å²) >= 11 is 5.73. The maximum Gasteiger partial charge on any atom is 0.332 e. The summed E-state index contributed by atoms with van der Waals surface area (Å²) in [5, 5.41) is 0.439. The average Bonchev–Trinajstić information content (AvgIpc) is 3.15. The Bertz CT molecular complexity index is 608. The summed E-state index contributed by atoms with van der Waals surface area (Å²) in [6, 6.07) is 5.72. The van der Waals surface area contributed by atoms with Crippen LogP contribution in [0.2, 0.25) is 5.02 Å². The molecule has 1 aromatic rings. The minimum absolute atomic E-state index is 0.0394. The molecule has 0 aliphatic heterocycles. The molecular formula is C13H16ClNO4S. The lowest BCUT2D eigenvalue weighted by Crippen LogP contribution is -2.35. The van der Waals surface area contributed by atoms with Gasteiger partial charge in [-0.3, -0.25) is 0 Å². The molecule has 0 bridgehead atoms. The van der Waals surface area contributed by atoms with Crippen molar-refractivity contribution in [2.75, 3.05) is 6.54 Å². The summed E-state index contributed by atoms with van der Waals surface area (Å²) in [6.07, 6.45) is 1.45. The minimum atomic E-state index is -3.86. The van der Waals surface area contributed by atoms with Gasteiger partial charge in [-0.25, -0.2) is 13.2 Å². The summed E-state index contributed by atoms with van der Waals surface area (Å²) < 4.78 is 25.5. The van der Waals surface area contributed by atoms with E-state index in [-0.39, 0.29) is 11.4 Å². The average molecular weight is 318 g/mol. The molecule has 0 radical (unpaired) electrons. The zero-order chi connectivity index (χ0) is 15.0. The van der Waals surface area contributed by atoms with Crippen molar-refractivity contribution in [1.82, 2.24) is 4.47 Å². The Morgan fingerprint density at radius 1 is 1.35 bits per heavy atom. The van der Waals surface area contributed by atoms with Gasteiger partial charge < -0.3 is 4.84 Å². The van der Waals surface area contributed by atoms with E-state index in [4.69, 9.17) is 16.4 Å². The predicted octanol–water partition coefficient (Wildman–Crippen LogP) is 2.61. The Morgan fingerprint density at radius 2 is 1.90 bits per heavy atom. The third kappa shape index (κ3) is 2.97. The molecule has 0 spiro atoms. The fraction of sp³-hybridized carbons (Fsp3) is 0.462. The van der Waals surface area contributed by atoms with Crippen LogP contribution in [0.15, 0.2) is 29.2 Å². The van der Waals surface area contributed by atoms with E-state index >= 15 is 0 Å².